The Kier molecular flexibility index (Phi) is 8.57. The van der Waals surface area contributed by atoms with Crippen molar-refractivity contribution in [1.29, 1.82) is 0 Å². The Morgan fingerprint density at radius 2 is 1.74 bits per heavy atom. The lowest BCUT2D eigenvalue weighted by atomic mass is 9.99. The van der Waals surface area contributed by atoms with E-state index in [1.165, 1.54) is 11.8 Å². The number of anilines is 1. The van der Waals surface area contributed by atoms with E-state index in [1.807, 2.05) is 49.4 Å². The molecule has 186 valence electrons. The quantitative estimate of drug-likeness (QED) is 0.604. The van der Waals surface area contributed by atoms with Crippen LogP contribution in [-0.4, -0.2) is 64.6 Å². The molecule has 3 atom stereocenters. The molecule has 1 aromatic carbocycles. The SMILES string of the molecule is CC(=O)N[C@H]1C[C@@H](C(=O)N(C)C)N(C(=O)CCCC(=O)Nc2cccc(C)n2)[C@H]1c1ccccc1. The van der Waals surface area contributed by atoms with Gasteiger partial charge in [0.1, 0.15) is 11.9 Å². The van der Waals surface area contributed by atoms with Gasteiger partial charge in [-0.1, -0.05) is 36.4 Å². The fourth-order valence-corrected chi connectivity index (χ4v) is 4.51. The van der Waals surface area contributed by atoms with Crippen LogP contribution in [0, 0.1) is 6.92 Å². The van der Waals surface area contributed by atoms with E-state index in [0.29, 0.717) is 18.7 Å². The molecule has 2 aromatic rings. The summed E-state index contributed by atoms with van der Waals surface area (Å²) in [5.74, 6) is -0.403. The summed E-state index contributed by atoms with van der Waals surface area (Å²) < 4.78 is 0. The molecule has 0 aliphatic carbocycles. The number of carbonyl (C=O) groups excluding carboxylic acids is 4. The Morgan fingerprint density at radius 3 is 2.37 bits per heavy atom. The standard InChI is InChI=1S/C26H33N5O4/c1-17-10-8-13-22(27-17)29-23(33)14-9-15-24(34)31-21(26(35)30(3)4)16-20(28-18(2)32)25(31)19-11-6-5-7-12-19/h5-8,10-13,20-21,25H,9,14-16H2,1-4H3,(H,28,32)(H,27,29,33)/t20-,21-,25-/m0/s1. The van der Waals surface area contributed by atoms with Crippen LogP contribution in [0.15, 0.2) is 48.5 Å². The van der Waals surface area contributed by atoms with Gasteiger partial charge in [0.05, 0.1) is 12.1 Å². The first-order chi connectivity index (χ1) is 16.7. The highest BCUT2D eigenvalue weighted by Crippen LogP contribution is 2.38. The second-order valence-corrected chi connectivity index (χ2v) is 9.01. The average molecular weight is 480 g/mol. The van der Waals surface area contributed by atoms with Crippen LogP contribution in [0.1, 0.15) is 49.9 Å². The number of pyridine rings is 1. The first kappa shape index (κ1) is 25.9. The number of hydrogen-bond donors (Lipinski definition) is 2. The zero-order valence-corrected chi connectivity index (χ0v) is 20.7. The second-order valence-electron chi connectivity index (χ2n) is 9.01. The Hall–Kier alpha value is -3.75. The smallest absolute Gasteiger partial charge is 0.244 e. The molecule has 1 aliphatic heterocycles. The molecule has 4 amide bonds. The van der Waals surface area contributed by atoms with Crippen LogP contribution in [0.2, 0.25) is 0 Å². The number of benzene rings is 1. The van der Waals surface area contributed by atoms with Gasteiger partial charge in [-0.3, -0.25) is 19.2 Å². The summed E-state index contributed by atoms with van der Waals surface area (Å²) in [7, 11) is 3.30. The average Bonchev–Trinajstić information content (AvgIpc) is 3.17. The van der Waals surface area contributed by atoms with Crippen molar-refractivity contribution in [2.24, 2.45) is 0 Å². The van der Waals surface area contributed by atoms with Gasteiger partial charge < -0.3 is 20.4 Å². The van der Waals surface area contributed by atoms with Gasteiger partial charge in [-0.15, -0.1) is 0 Å². The van der Waals surface area contributed by atoms with Crippen LogP contribution in [-0.2, 0) is 19.2 Å². The van der Waals surface area contributed by atoms with Crippen molar-refractivity contribution >= 4 is 29.4 Å². The summed E-state index contributed by atoms with van der Waals surface area (Å²) in [6.07, 6.45) is 0.887. The number of hydrogen-bond acceptors (Lipinski definition) is 5. The van der Waals surface area contributed by atoms with Gasteiger partial charge in [-0.25, -0.2) is 4.98 Å². The van der Waals surface area contributed by atoms with Gasteiger partial charge in [-0.2, -0.15) is 0 Å². The van der Waals surface area contributed by atoms with Crippen molar-refractivity contribution in [3.8, 4) is 0 Å². The van der Waals surface area contributed by atoms with Gasteiger partial charge in [0.15, 0.2) is 0 Å². The van der Waals surface area contributed by atoms with Crippen molar-refractivity contribution < 1.29 is 19.2 Å². The van der Waals surface area contributed by atoms with E-state index in [2.05, 4.69) is 15.6 Å². The fraction of sp³-hybridized carbons (Fsp3) is 0.423. The normalized spacial score (nSPS) is 19.2. The first-order valence-corrected chi connectivity index (χ1v) is 11.7. The molecule has 2 heterocycles. The summed E-state index contributed by atoms with van der Waals surface area (Å²) in [5, 5.41) is 5.68. The molecule has 0 spiro atoms. The molecule has 1 aromatic heterocycles. The number of aryl methyl sites for hydroxylation is 1. The van der Waals surface area contributed by atoms with E-state index < -0.39 is 18.1 Å². The molecule has 2 N–H and O–H groups in total. The topological polar surface area (TPSA) is 112 Å². The predicted octanol–water partition coefficient (Wildman–Crippen LogP) is 2.43. The monoisotopic (exact) mass is 479 g/mol. The number of aromatic nitrogens is 1. The van der Waals surface area contributed by atoms with Crippen LogP contribution in [0.25, 0.3) is 0 Å². The molecule has 0 radical (unpaired) electrons. The van der Waals surface area contributed by atoms with Gasteiger partial charge in [0.2, 0.25) is 23.6 Å². The zero-order chi connectivity index (χ0) is 25.5. The second kappa shape index (κ2) is 11.6. The lowest BCUT2D eigenvalue weighted by Gasteiger charge is -2.32. The maximum absolute atomic E-state index is 13.5. The van der Waals surface area contributed by atoms with Crippen LogP contribution < -0.4 is 10.6 Å². The van der Waals surface area contributed by atoms with Crippen LogP contribution in [0.3, 0.4) is 0 Å². The van der Waals surface area contributed by atoms with E-state index in [4.69, 9.17) is 0 Å². The third-order valence-corrected chi connectivity index (χ3v) is 5.99. The van der Waals surface area contributed by atoms with E-state index >= 15 is 0 Å². The molecule has 9 heteroatoms. The Morgan fingerprint density at radius 1 is 1.03 bits per heavy atom. The highest BCUT2D eigenvalue weighted by atomic mass is 16.2. The summed E-state index contributed by atoms with van der Waals surface area (Å²) in [4.78, 5) is 58.1. The molecule has 0 bridgehead atoms. The molecule has 1 aliphatic rings. The van der Waals surface area contributed by atoms with Crippen molar-refractivity contribution in [3.63, 3.8) is 0 Å². The highest BCUT2D eigenvalue weighted by Gasteiger charge is 2.48. The van der Waals surface area contributed by atoms with Crippen molar-refractivity contribution in [3.05, 3.63) is 59.8 Å². The number of likely N-dealkylation sites (N-methyl/N-ethyl adjacent to an activating group) is 1. The largest absolute Gasteiger partial charge is 0.351 e. The number of rotatable bonds is 8. The minimum Gasteiger partial charge on any atom is -0.351 e. The first-order valence-electron chi connectivity index (χ1n) is 11.7. The third-order valence-electron chi connectivity index (χ3n) is 5.99. The Bertz CT molecular complexity index is 1070. The summed E-state index contributed by atoms with van der Waals surface area (Å²) >= 11 is 0. The number of nitrogens with zero attached hydrogens (tertiary/aromatic N) is 3. The summed E-state index contributed by atoms with van der Waals surface area (Å²) in [6, 6.07) is 13.2. The maximum atomic E-state index is 13.5. The predicted molar refractivity (Wildman–Crippen MR) is 132 cm³/mol. The van der Waals surface area contributed by atoms with Gasteiger partial charge in [-0.05, 0) is 37.5 Å². The number of amides is 4. The minimum absolute atomic E-state index is 0.0992. The number of nitrogens with one attached hydrogen (secondary N) is 2. The van der Waals surface area contributed by atoms with Gasteiger partial charge >= 0.3 is 0 Å². The van der Waals surface area contributed by atoms with Gasteiger partial charge in [0, 0.05) is 39.6 Å². The summed E-state index contributed by atoms with van der Waals surface area (Å²) in [5.41, 5.74) is 1.64. The lowest BCUT2D eigenvalue weighted by Crippen LogP contribution is -2.46. The minimum atomic E-state index is -0.704. The molecule has 3 rings (SSSR count). The molecular weight excluding hydrogens is 446 g/mol. The van der Waals surface area contributed by atoms with E-state index in [0.717, 1.165) is 11.3 Å². The highest BCUT2D eigenvalue weighted by molar-refractivity contribution is 5.91. The molecule has 35 heavy (non-hydrogen) atoms. The molecule has 1 saturated heterocycles. The zero-order valence-electron chi connectivity index (χ0n) is 20.7. The Balaban J connectivity index is 1.75. The molecular formula is C26H33N5O4. The van der Waals surface area contributed by atoms with E-state index in [9.17, 15) is 19.2 Å². The maximum Gasteiger partial charge on any atom is 0.244 e. The van der Waals surface area contributed by atoms with Crippen molar-refractivity contribution in [2.45, 2.75) is 57.7 Å². The van der Waals surface area contributed by atoms with Crippen LogP contribution in [0.4, 0.5) is 5.82 Å². The van der Waals surface area contributed by atoms with E-state index in [1.54, 1.807) is 25.1 Å². The van der Waals surface area contributed by atoms with Crippen LogP contribution >= 0.6 is 0 Å². The number of likely N-dealkylation sites (tertiary alicyclic amines) is 1. The van der Waals surface area contributed by atoms with Crippen molar-refractivity contribution in [1.82, 2.24) is 20.1 Å². The molecule has 0 saturated carbocycles. The lowest BCUT2D eigenvalue weighted by molar-refractivity contribution is -0.144. The fourth-order valence-electron chi connectivity index (χ4n) is 4.51. The molecule has 1 fully saturated rings. The van der Waals surface area contributed by atoms with Crippen molar-refractivity contribution in [2.75, 3.05) is 19.4 Å². The Labute approximate surface area is 205 Å². The van der Waals surface area contributed by atoms with Crippen LogP contribution in [0.5, 0.6) is 0 Å². The van der Waals surface area contributed by atoms with Gasteiger partial charge in [0.25, 0.3) is 0 Å². The number of carbonyl (C=O) groups is 4. The third kappa shape index (κ3) is 6.65. The van der Waals surface area contributed by atoms with E-state index in [-0.39, 0.29) is 36.5 Å². The summed E-state index contributed by atoms with van der Waals surface area (Å²) in [6.45, 7) is 3.27. The molecule has 9 nitrogen and oxygen atoms in total. The molecule has 0 unspecified atom stereocenters.